The Morgan fingerprint density at radius 2 is 2.00 bits per heavy atom. The van der Waals surface area contributed by atoms with Gasteiger partial charge in [-0.25, -0.2) is 4.98 Å². The Morgan fingerprint density at radius 1 is 1.24 bits per heavy atom. The Balaban J connectivity index is 1.59. The zero-order valence-electron chi connectivity index (χ0n) is 14.8. The maximum Gasteiger partial charge on any atom is 0.230 e. The first kappa shape index (κ1) is 17.0. The van der Waals surface area contributed by atoms with Gasteiger partial charge in [0.05, 0.1) is 18.7 Å². The summed E-state index contributed by atoms with van der Waals surface area (Å²) in [5.41, 5.74) is 3.50. The minimum absolute atomic E-state index is 0.0871. The lowest BCUT2D eigenvalue weighted by molar-refractivity contribution is -0.115. The van der Waals surface area contributed by atoms with Crippen LogP contribution >= 0.6 is 0 Å². The van der Waals surface area contributed by atoms with Gasteiger partial charge in [0, 0.05) is 18.1 Å². The van der Waals surface area contributed by atoms with Crippen LogP contribution in [0.3, 0.4) is 0 Å². The van der Waals surface area contributed by atoms with Crippen molar-refractivity contribution in [1.82, 2.24) is 9.38 Å². The molecule has 0 radical (unpaired) electrons. The van der Waals surface area contributed by atoms with Gasteiger partial charge in [-0.1, -0.05) is 13.8 Å². The van der Waals surface area contributed by atoms with Crippen LogP contribution in [-0.2, 0) is 11.2 Å². The predicted molar refractivity (Wildman–Crippen MR) is 99.0 cm³/mol. The fourth-order valence-corrected chi connectivity index (χ4v) is 2.49. The quantitative estimate of drug-likeness (QED) is 0.743. The first-order valence-corrected chi connectivity index (χ1v) is 8.46. The zero-order valence-corrected chi connectivity index (χ0v) is 14.8. The normalized spacial score (nSPS) is 11.0. The van der Waals surface area contributed by atoms with Crippen LogP contribution < -0.4 is 10.1 Å². The van der Waals surface area contributed by atoms with Crippen LogP contribution in [0.15, 0.2) is 48.8 Å². The fourth-order valence-electron chi connectivity index (χ4n) is 2.49. The minimum Gasteiger partial charge on any atom is -0.493 e. The van der Waals surface area contributed by atoms with E-state index < -0.39 is 0 Å². The second-order valence-electron chi connectivity index (χ2n) is 6.66. The molecular formula is C20H23N3O2. The number of amides is 1. The van der Waals surface area contributed by atoms with E-state index in [0.29, 0.717) is 12.5 Å². The van der Waals surface area contributed by atoms with Crippen LogP contribution in [0.25, 0.3) is 5.65 Å². The summed E-state index contributed by atoms with van der Waals surface area (Å²) in [6, 6.07) is 11.4. The molecule has 0 bridgehead atoms. The van der Waals surface area contributed by atoms with Gasteiger partial charge < -0.3 is 14.5 Å². The number of pyridine rings is 1. The molecule has 2 heterocycles. The Morgan fingerprint density at radius 3 is 2.72 bits per heavy atom. The van der Waals surface area contributed by atoms with Crippen molar-refractivity contribution in [1.29, 1.82) is 0 Å². The van der Waals surface area contributed by atoms with E-state index in [0.717, 1.165) is 28.3 Å². The second kappa shape index (κ2) is 7.38. The molecule has 1 amide bonds. The molecule has 1 N–H and O–H groups in total. The highest BCUT2D eigenvalue weighted by Crippen LogP contribution is 2.17. The lowest BCUT2D eigenvalue weighted by atomic mass is 10.2. The van der Waals surface area contributed by atoms with Crippen LogP contribution in [0.5, 0.6) is 5.75 Å². The number of fused-ring (bicyclic) bond motifs is 1. The van der Waals surface area contributed by atoms with E-state index in [9.17, 15) is 4.79 Å². The van der Waals surface area contributed by atoms with Gasteiger partial charge in [0.15, 0.2) is 0 Å². The van der Waals surface area contributed by atoms with Gasteiger partial charge in [0.25, 0.3) is 0 Å². The standard InChI is InChI=1S/C20H23N3O2/c1-14(2)13-25-18-6-4-16(5-7-18)22-20(24)11-17-12-23-9-8-15(3)10-19(23)21-17/h4-10,12,14H,11,13H2,1-3H3,(H,22,24). The molecule has 0 aliphatic heterocycles. The molecule has 0 aliphatic carbocycles. The average Bonchev–Trinajstić information content (AvgIpc) is 2.95. The summed E-state index contributed by atoms with van der Waals surface area (Å²) in [6.07, 6.45) is 4.08. The molecule has 2 aromatic heterocycles. The predicted octanol–water partition coefficient (Wildman–Crippen LogP) is 3.86. The van der Waals surface area contributed by atoms with Crippen LogP contribution in [0.4, 0.5) is 5.69 Å². The fraction of sp³-hybridized carbons (Fsp3) is 0.300. The summed E-state index contributed by atoms with van der Waals surface area (Å²) >= 11 is 0. The number of imidazole rings is 1. The second-order valence-corrected chi connectivity index (χ2v) is 6.66. The van der Waals surface area contributed by atoms with Gasteiger partial charge in [-0.05, 0) is 54.8 Å². The third-order valence-corrected chi connectivity index (χ3v) is 3.73. The third-order valence-electron chi connectivity index (χ3n) is 3.73. The summed E-state index contributed by atoms with van der Waals surface area (Å²) in [6.45, 7) is 6.92. The number of ether oxygens (including phenoxy) is 1. The van der Waals surface area contributed by atoms with Crippen molar-refractivity contribution >= 4 is 17.2 Å². The summed E-state index contributed by atoms with van der Waals surface area (Å²) in [7, 11) is 0. The van der Waals surface area contributed by atoms with Gasteiger partial charge in [-0.2, -0.15) is 0 Å². The number of benzene rings is 1. The number of nitrogens with zero attached hydrogens (tertiary/aromatic N) is 2. The molecule has 0 fully saturated rings. The minimum atomic E-state index is -0.0871. The number of aromatic nitrogens is 2. The average molecular weight is 337 g/mol. The molecule has 130 valence electrons. The summed E-state index contributed by atoms with van der Waals surface area (Å²) in [4.78, 5) is 16.7. The number of rotatable bonds is 6. The van der Waals surface area contributed by atoms with Crippen molar-refractivity contribution in [3.05, 3.63) is 60.0 Å². The van der Waals surface area contributed by atoms with E-state index in [4.69, 9.17) is 4.74 Å². The third kappa shape index (κ3) is 4.59. The van der Waals surface area contributed by atoms with Gasteiger partial charge in [0.2, 0.25) is 5.91 Å². The number of aryl methyl sites for hydroxylation is 1. The molecule has 0 atom stereocenters. The maximum absolute atomic E-state index is 12.2. The van der Waals surface area contributed by atoms with Crippen LogP contribution in [-0.4, -0.2) is 21.9 Å². The summed E-state index contributed by atoms with van der Waals surface area (Å²) in [5.74, 6) is 1.20. The monoisotopic (exact) mass is 337 g/mol. The van der Waals surface area contributed by atoms with Crippen molar-refractivity contribution in [2.45, 2.75) is 27.2 Å². The molecule has 0 saturated carbocycles. The largest absolute Gasteiger partial charge is 0.493 e. The Bertz CT molecular complexity index is 866. The maximum atomic E-state index is 12.2. The molecule has 3 aromatic rings. The van der Waals surface area contributed by atoms with Gasteiger partial charge >= 0.3 is 0 Å². The number of hydrogen-bond acceptors (Lipinski definition) is 3. The van der Waals surface area contributed by atoms with E-state index in [1.54, 1.807) is 0 Å². The van der Waals surface area contributed by atoms with E-state index in [-0.39, 0.29) is 12.3 Å². The van der Waals surface area contributed by atoms with Crippen molar-refractivity contribution in [2.75, 3.05) is 11.9 Å². The molecule has 0 aliphatic rings. The first-order valence-electron chi connectivity index (χ1n) is 8.46. The molecule has 0 unspecified atom stereocenters. The lowest BCUT2D eigenvalue weighted by Gasteiger charge is -2.09. The molecular weight excluding hydrogens is 314 g/mol. The highest BCUT2D eigenvalue weighted by Gasteiger charge is 2.08. The zero-order chi connectivity index (χ0) is 17.8. The number of carbonyl (C=O) groups is 1. The van der Waals surface area contributed by atoms with Crippen molar-refractivity contribution in [2.24, 2.45) is 5.92 Å². The van der Waals surface area contributed by atoms with E-state index in [2.05, 4.69) is 24.1 Å². The lowest BCUT2D eigenvalue weighted by Crippen LogP contribution is -2.14. The van der Waals surface area contributed by atoms with Crippen molar-refractivity contribution < 1.29 is 9.53 Å². The molecule has 0 saturated heterocycles. The topological polar surface area (TPSA) is 55.6 Å². The highest BCUT2D eigenvalue weighted by atomic mass is 16.5. The molecule has 1 aromatic carbocycles. The van der Waals surface area contributed by atoms with E-state index in [1.807, 2.05) is 60.1 Å². The Hall–Kier alpha value is -2.82. The van der Waals surface area contributed by atoms with Crippen LogP contribution in [0.1, 0.15) is 25.1 Å². The number of nitrogens with one attached hydrogen (secondary N) is 1. The van der Waals surface area contributed by atoms with Crippen LogP contribution in [0.2, 0.25) is 0 Å². The first-order chi connectivity index (χ1) is 12.0. The van der Waals surface area contributed by atoms with E-state index in [1.165, 1.54) is 0 Å². The SMILES string of the molecule is Cc1ccn2cc(CC(=O)Nc3ccc(OCC(C)C)cc3)nc2c1. The van der Waals surface area contributed by atoms with Crippen molar-refractivity contribution in [3.8, 4) is 5.75 Å². The Labute approximate surface area is 147 Å². The van der Waals surface area contributed by atoms with Gasteiger partial charge in [-0.15, -0.1) is 0 Å². The number of anilines is 1. The van der Waals surface area contributed by atoms with Gasteiger partial charge in [0.1, 0.15) is 11.4 Å². The molecule has 3 rings (SSSR count). The summed E-state index contributed by atoms with van der Waals surface area (Å²) < 4.78 is 7.57. The van der Waals surface area contributed by atoms with Crippen LogP contribution in [0, 0.1) is 12.8 Å². The number of carbonyl (C=O) groups excluding carboxylic acids is 1. The van der Waals surface area contributed by atoms with E-state index >= 15 is 0 Å². The number of hydrogen-bond donors (Lipinski definition) is 1. The molecule has 0 spiro atoms. The summed E-state index contributed by atoms with van der Waals surface area (Å²) in [5, 5.41) is 2.89. The highest BCUT2D eigenvalue weighted by molar-refractivity contribution is 5.92. The smallest absolute Gasteiger partial charge is 0.230 e. The molecule has 5 nitrogen and oxygen atoms in total. The molecule has 25 heavy (non-hydrogen) atoms. The molecule has 5 heteroatoms. The van der Waals surface area contributed by atoms with Gasteiger partial charge in [-0.3, -0.25) is 4.79 Å². The Kier molecular flexibility index (Phi) is 5.03. The van der Waals surface area contributed by atoms with Crippen molar-refractivity contribution in [3.63, 3.8) is 0 Å².